The van der Waals surface area contributed by atoms with Gasteiger partial charge in [-0.25, -0.2) is 0 Å². The maximum atomic E-state index is 3.59. The first-order valence-electron chi connectivity index (χ1n) is 7.74. The van der Waals surface area contributed by atoms with Crippen LogP contribution in [0.25, 0.3) is 0 Å². The predicted molar refractivity (Wildman–Crippen MR) is 83.9 cm³/mol. The molecule has 0 bridgehead atoms. The van der Waals surface area contributed by atoms with E-state index in [1.165, 1.54) is 43.5 Å². The van der Waals surface area contributed by atoms with Gasteiger partial charge in [0.1, 0.15) is 0 Å². The molecule has 1 saturated heterocycles. The maximum absolute atomic E-state index is 3.59. The van der Waals surface area contributed by atoms with E-state index in [1.807, 2.05) is 0 Å². The van der Waals surface area contributed by atoms with Crippen LogP contribution in [0.3, 0.4) is 0 Å². The highest BCUT2D eigenvalue weighted by molar-refractivity contribution is 5.45. The number of likely N-dealkylation sites (tertiary alicyclic amines) is 1. The summed E-state index contributed by atoms with van der Waals surface area (Å²) in [6, 6.07) is 9.68. The van der Waals surface area contributed by atoms with E-state index in [1.54, 1.807) is 0 Å². The molecule has 0 aliphatic carbocycles. The Morgan fingerprint density at radius 1 is 1.26 bits per heavy atom. The van der Waals surface area contributed by atoms with Crippen LogP contribution in [0.5, 0.6) is 0 Å². The van der Waals surface area contributed by atoms with Crippen LogP contribution in [-0.4, -0.2) is 31.1 Å². The third-order valence-electron chi connectivity index (χ3n) is 4.56. The summed E-state index contributed by atoms with van der Waals surface area (Å²) in [5.74, 6) is 0.665. The van der Waals surface area contributed by atoms with Crippen molar-refractivity contribution in [3.63, 3.8) is 0 Å². The van der Waals surface area contributed by atoms with Gasteiger partial charge in [-0.3, -0.25) is 0 Å². The van der Waals surface area contributed by atoms with Crippen molar-refractivity contribution in [2.24, 2.45) is 0 Å². The number of piperidine rings is 1. The number of nitrogens with zero attached hydrogens (tertiary/aromatic N) is 1. The number of hydrogen-bond donors (Lipinski definition) is 1. The fourth-order valence-corrected chi connectivity index (χ4v) is 2.80. The van der Waals surface area contributed by atoms with Gasteiger partial charge in [-0.15, -0.1) is 0 Å². The minimum Gasteiger partial charge on any atom is -0.383 e. The van der Waals surface area contributed by atoms with Crippen molar-refractivity contribution in [3.8, 4) is 0 Å². The molecule has 1 aromatic carbocycles. The highest BCUT2D eigenvalue weighted by Gasteiger charge is 2.18. The molecule has 2 nitrogen and oxygen atoms in total. The number of benzene rings is 1. The van der Waals surface area contributed by atoms with E-state index in [9.17, 15) is 0 Å². The van der Waals surface area contributed by atoms with Crippen LogP contribution in [0.15, 0.2) is 24.3 Å². The Kier molecular flexibility index (Phi) is 5.26. The second-order valence-electron chi connectivity index (χ2n) is 5.94. The summed E-state index contributed by atoms with van der Waals surface area (Å²) in [7, 11) is 2.25. The summed E-state index contributed by atoms with van der Waals surface area (Å²) in [4.78, 5) is 2.49. The van der Waals surface area contributed by atoms with Gasteiger partial charge in [0.25, 0.3) is 0 Å². The monoisotopic (exact) mass is 260 g/mol. The van der Waals surface area contributed by atoms with Gasteiger partial charge in [0, 0.05) is 18.3 Å². The van der Waals surface area contributed by atoms with E-state index in [0.717, 1.165) is 6.54 Å². The van der Waals surface area contributed by atoms with Crippen molar-refractivity contribution in [1.29, 1.82) is 0 Å². The molecule has 0 spiro atoms. The van der Waals surface area contributed by atoms with Crippen LogP contribution in [0.1, 0.15) is 51.0 Å². The SMILES string of the molecule is CCC(C)c1ccc(NCC2CCCCN2C)cc1. The number of nitrogens with one attached hydrogen (secondary N) is 1. The van der Waals surface area contributed by atoms with Gasteiger partial charge >= 0.3 is 0 Å². The fraction of sp³-hybridized carbons (Fsp3) is 0.647. The Balaban J connectivity index is 1.85. The molecule has 1 aromatic rings. The summed E-state index contributed by atoms with van der Waals surface area (Å²) >= 11 is 0. The van der Waals surface area contributed by atoms with Crippen molar-refractivity contribution >= 4 is 5.69 Å². The molecular formula is C17H28N2. The lowest BCUT2D eigenvalue weighted by molar-refractivity contribution is 0.194. The quantitative estimate of drug-likeness (QED) is 0.857. The van der Waals surface area contributed by atoms with E-state index in [4.69, 9.17) is 0 Å². The van der Waals surface area contributed by atoms with E-state index in [0.29, 0.717) is 12.0 Å². The lowest BCUT2D eigenvalue weighted by atomic mass is 9.98. The zero-order valence-electron chi connectivity index (χ0n) is 12.7. The molecule has 1 heterocycles. The second-order valence-corrected chi connectivity index (χ2v) is 5.94. The smallest absolute Gasteiger partial charge is 0.0340 e. The fourth-order valence-electron chi connectivity index (χ4n) is 2.80. The molecule has 1 aliphatic rings. The molecule has 0 aromatic heterocycles. The molecule has 1 fully saturated rings. The third-order valence-corrected chi connectivity index (χ3v) is 4.56. The van der Waals surface area contributed by atoms with E-state index < -0.39 is 0 Å². The minimum absolute atomic E-state index is 0.665. The summed E-state index contributed by atoms with van der Waals surface area (Å²) in [6.45, 7) is 6.85. The molecule has 2 atom stereocenters. The summed E-state index contributed by atoms with van der Waals surface area (Å²) in [5, 5.41) is 3.59. The number of hydrogen-bond acceptors (Lipinski definition) is 2. The molecule has 1 aliphatic heterocycles. The van der Waals surface area contributed by atoms with Crippen molar-refractivity contribution in [1.82, 2.24) is 4.90 Å². The first-order valence-corrected chi connectivity index (χ1v) is 7.74. The van der Waals surface area contributed by atoms with Crippen molar-refractivity contribution in [2.75, 3.05) is 25.5 Å². The van der Waals surface area contributed by atoms with Gasteiger partial charge in [0.2, 0.25) is 0 Å². The van der Waals surface area contributed by atoms with Crippen LogP contribution in [0, 0.1) is 0 Å². The minimum atomic E-state index is 0.665. The van der Waals surface area contributed by atoms with Crippen LogP contribution >= 0.6 is 0 Å². The van der Waals surface area contributed by atoms with Crippen LogP contribution < -0.4 is 5.32 Å². The lowest BCUT2D eigenvalue weighted by Crippen LogP contribution is -2.40. The Labute approximate surface area is 118 Å². The normalized spacial score (nSPS) is 22.2. The standard InChI is InChI=1S/C17H28N2/c1-4-14(2)15-8-10-16(11-9-15)18-13-17-7-5-6-12-19(17)3/h8-11,14,17-18H,4-7,12-13H2,1-3H3. The average molecular weight is 260 g/mol. The van der Waals surface area contributed by atoms with E-state index >= 15 is 0 Å². The third kappa shape index (κ3) is 3.97. The Hall–Kier alpha value is -1.02. The summed E-state index contributed by atoms with van der Waals surface area (Å²) < 4.78 is 0. The summed E-state index contributed by atoms with van der Waals surface area (Å²) in [5.41, 5.74) is 2.70. The number of rotatable bonds is 5. The zero-order chi connectivity index (χ0) is 13.7. The van der Waals surface area contributed by atoms with Gasteiger partial charge in [0.05, 0.1) is 0 Å². The molecule has 19 heavy (non-hydrogen) atoms. The molecule has 106 valence electrons. The Morgan fingerprint density at radius 2 is 2.00 bits per heavy atom. The largest absolute Gasteiger partial charge is 0.383 e. The summed E-state index contributed by atoms with van der Waals surface area (Å²) in [6.07, 6.45) is 5.27. The molecular weight excluding hydrogens is 232 g/mol. The first kappa shape index (κ1) is 14.4. The van der Waals surface area contributed by atoms with Crippen molar-refractivity contribution in [3.05, 3.63) is 29.8 Å². The van der Waals surface area contributed by atoms with Gasteiger partial charge in [-0.05, 0) is 56.5 Å². The van der Waals surface area contributed by atoms with E-state index in [2.05, 4.69) is 55.4 Å². The van der Waals surface area contributed by atoms with Gasteiger partial charge in [0.15, 0.2) is 0 Å². The van der Waals surface area contributed by atoms with Gasteiger partial charge < -0.3 is 10.2 Å². The van der Waals surface area contributed by atoms with E-state index in [-0.39, 0.29) is 0 Å². The van der Waals surface area contributed by atoms with Crippen LogP contribution in [0.2, 0.25) is 0 Å². The Morgan fingerprint density at radius 3 is 2.63 bits per heavy atom. The topological polar surface area (TPSA) is 15.3 Å². The van der Waals surface area contributed by atoms with Crippen molar-refractivity contribution in [2.45, 2.75) is 51.5 Å². The maximum Gasteiger partial charge on any atom is 0.0340 e. The highest BCUT2D eigenvalue weighted by Crippen LogP contribution is 2.21. The predicted octanol–water partition coefficient (Wildman–Crippen LogP) is 4.10. The first-order chi connectivity index (χ1) is 9.20. The Bertz CT molecular complexity index is 371. The molecule has 0 amide bonds. The van der Waals surface area contributed by atoms with Gasteiger partial charge in [-0.2, -0.15) is 0 Å². The zero-order valence-corrected chi connectivity index (χ0v) is 12.7. The molecule has 2 rings (SSSR count). The lowest BCUT2D eigenvalue weighted by Gasteiger charge is -2.32. The highest BCUT2D eigenvalue weighted by atomic mass is 15.2. The van der Waals surface area contributed by atoms with Crippen LogP contribution in [-0.2, 0) is 0 Å². The number of anilines is 1. The molecule has 2 unspecified atom stereocenters. The molecule has 1 N–H and O–H groups in total. The van der Waals surface area contributed by atoms with Crippen molar-refractivity contribution < 1.29 is 0 Å². The molecule has 0 radical (unpaired) electrons. The molecule has 0 saturated carbocycles. The van der Waals surface area contributed by atoms with Crippen LogP contribution in [0.4, 0.5) is 5.69 Å². The second kappa shape index (κ2) is 6.95. The number of likely N-dealkylation sites (N-methyl/N-ethyl adjacent to an activating group) is 1. The van der Waals surface area contributed by atoms with Gasteiger partial charge in [-0.1, -0.05) is 32.4 Å². The molecule has 2 heteroatoms. The average Bonchev–Trinajstić information content (AvgIpc) is 2.46.